The third kappa shape index (κ3) is 5.26. The Kier molecular flexibility index (Phi) is 6.72. The van der Waals surface area contributed by atoms with Gasteiger partial charge < -0.3 is 18.7 Å². The van der Waals surface area contributed by atoms with E-state index in [-0.39, 0.29) is 25.0 Å². The van der Waals surface area contributed by atoms with Crippen LogP contribution in [0.15, 0.2) is 47.0 Å². The van der Waals surface area contributed by atoms with Gasteiger partial charge in [-0.1, -0.05) is 48.8 Å². The van der Waals surface area contributed by atoms with Crippen LogP contribution in [0.2, 0.25) is 5.02 Å². The SMILES string of the molecule is COc1cc(C(=O)OCc2nc(C(C)C)no2)ccc1OCc1ccccc1Cl. The molecule has 3 rings (SSSR count). The van der Waals surface area contributed by atoms with Crippen LogP contribution in [0.3, 0.4) is 0 Å². The lowest BCUT2D eigenvalue weighted by Gasteiger charge is -2.12. The number of benzene rings is 2. The molecule has 152 valence electrons. The van der Waals surface area contributed by atoms with Gasteiger partial charge in [0.1, 0.15) is 6.61 Å². The zero-order chi connectivity index (χ0) is 20.8. The third-order valence-corrected chi connectivity index (χ3v) is 4.44. The lowest BCUT2D eigenvalue weighted by atomic mass is 10.2. The van der Waals surface area contributed by atoms with Gasteiger partial charge in [-0.2, -0.15) is 4.98 Å². The van der Waals surface area contributed by atoms with Gasteiger partial charge in [0.2, 0.25) is 0 Å². The highest BCUT2D eigenvalue weighted by atomic mass is 35.5. The number of aromatic nitrogens is 2. The Morgan fingerprint density at radius 3 is 2.62 bits per heavy atom. The summed E-state index contributed by atoms with van der Waals surface area (Å²) in [5.74, 6) is 1.30. The maximum Gasteiger partial charge on any atom is 0.338 e. The van der Waals surface area contributed by atoms with Gasteiger partial charge in [0.15, 0.2) is 23.9 Å². The Bertz CT molecular complexity index is 987. The Hall–Kier alpha value is -3.06. The smallest absolute Gasteiger partial charge is 0.338 e. The molecule has 0 atom stereocenters. The number of esters is 1. The standard InChI is InChI=1S/C21H21ClN2O5/c1-13(2)20-23-19(29-24-20)12-28-21(25)14-8-9-17(18(10-14)26-3)27-11-15-6-4-5-7-16(15)22/h4-10,13H,11-12H2,1-3H3. The zero-order valence-corrected chi connectivity index (χ0v) is 17.1. The van der Waals surface area contributed by atoms with E-state index in [2.05, 4.69) is 10.1 Å². The molecule has 0 aliphatic heterocycles. The average Bonchev–Trinajstić information content (AvgIpc) is 3.21. The predicted octanol–water partition coefficient (Wildman–Crippen LogP) is 4.79. The molecule has 0 N–H and O–H groups in total. The van der Waals surface area contributed by atoms with Crippen LogP contribution in [0.5, 0.6) is 11.5 Å². The molecule has 0 saturated carbocycles. The van der Waals surface area contributed by atoms with Gasteiger partial charge in [-0.15, -0.1) is 0 Å². The van der Waals surface area contributed by atoms with Gasteiger partial charge >= 0.3 is 5.97 Å². The second-order valence-corrected chi connectivity index (χ2v) is 6.93. The van der Waals surface area contributed by atoms with Gasteiger partial charge in [0, 0.05) is 16.5 Å². The average molecular weight is 417 g/mol. The van der Waals surface area contributed by atoms with Crippen molar-refractivity contribution < 1.29 is 23.5 Å². The molecule has 8 heteroatoms. The molecular formula is C21H21ClN2O5. The van der Waals surface area contributed by atoms with Gasteiger partial charge in [-0.25, -0.2) is 4.79 Å². The van der Waals surface area contributed by atoms with E-state index >= 15 is 0 Å². The summed E-state index contributed by atoms with van der Waals surface area (Å²) in [7, 11) is 1.50. The van der Waals surface area contributed by atoms with Crippen LogP contribution in [-0.2, 0) is 18.0 Å². The first-order chi connectivity index (χ1) is 14.0. The van der Waals surface area contributed by atoms with E-state index in [1.54, 1.807) is 24.3 Å². The van der Waals surface area contributed by atoms with Gasteiger partial charge in [-0.3, -0.25) is 0 Å². The molecule has 0 aliphatic rings. The molecule has 0 unspecified atom stereocenters. The summed E-state index contributed by atoms with van der Waals surface area (Å²) in [6, 6.07) is 12.2. The van der Waals surface area contributed by atoms with Crippen molar-refractivity contribution in [1.82, 2.24) is 10.1 Å². The van der Waals surface area contributed by atoms with Crippen LogP contribution in [0, 0.1) is 0 Å². The first-order valence-corrected chi connectivity index (χ1v) is 9.39. The van der Waals surface area contributed by atoms with Crippen LogP contribution in [0.1, 0.15) is 47.4 Å². The van der Waals surface area contributed by atoms with E-state index in [4.69, 9.17) is 30.3 Å². The van der Waals surface area contributed by atoms with Crippen LogP contribution >= 0.6 is 11.6 Å². The number of hydrogen-bond donors (Lipinski definition) is 0. The van der Waals surface area contributed by atoms with E-state index in [9.17, 15) is 4.79 Å². The number of hydrogen-bond acceptors (Lipinski definition) is 7. The lowest BCUT2D eigenvalue weighted by molar-refractivity contribution is 0.0429. The van der Waals surface area contributed by atoms with Crippen LogP contribution in [0.4, 0.5) is 0 Å². The summed E-state index contributed by atoms with van der Waals surface area (Å²) in [5.41, 5.74) is 1.16. The predicted molar refractivity (Wildman–Crippen MR) is 106 cm³/mol. The molecule has 0 spiro atoms. The van der Waals surface area contributed by atoms with E-state index in [0.717, 1.165) is 5.56 Å². The molecule has 1 heterocycles. The highest BCUT2D eigenvalue weighted by Crippen LogP contribution is 2.30. The first-order valence-electron chi connectivity index (χ1n) is 9.01. The number of ether oxygens (including phenoxy) is 3. The molecule has 0 fully saturated rings. The second-order valence-electron chi connectivity index (χ2n) is 6.52. The van der Waals surface area contributed by atoms with Crippen molar-refractivity contribution >= 4 is 17.6 Å². The van der Waals surface area contributed by atoms with Crippen molar-refractivity contribution in [3.05, 3.63) is 70.3 Å². The molecule has 7 nitrogen and oxygen atoms in total. The molecule has 0 radical (unpaired) electrons. The first kappa shape index (κ1) is 20.7. The fourth-order valence-electron chi connectivity index (χ4n) is 2.46. The highest BCUT2D eigenvalue weighted by molar-refractivity contribution is 6.31. The summed E-state index contributed by atoms with van der Waals surface area (Å²) in [6.45, 7) is 4.06. The molecule has 0 amide bonds. The normalized spacial score (nSPS) is 10.8. The van der Waals surface area contributed by atoms with E-state index in [1.165, 1.54) is 7.11 Å². The molecule has 3 aromatic rings. The van der Waals surface area contributed by atoms with Crippen LogP contribution in [0.25, 0.3) is 0 Å². The summed E-state index contributed by atoms with van der Waals surface area (Å²) in [5, 5.41) is 4.45. The van der Waals surface area contributed by atoms with E-state index in [1.807, 2.05) is 32.0 Å². The van der Waals surface area contributed by atoms with Crippen LogP contribution < -0.4 is 9.47 Å². The number of methoxy groups -OCH3 is 1. The molecule has 29 heavy (non-hydrogen) atoms. The number of halogens is 1. The number of rotatable bonds is 8. The van der Waals surface area contributed by atoms with Crippen LogP contribution in [-0.4, -0.2) is 23.2 Å². The minimum absolute atomic E-state index is 0.106. The summed E-state index contributed by atoms with van der Waals surface area (Å²) in [6.07, 6.45) is 0. The molecule has 0 bridgehead atoms. The van der Waals surface area contributed by atoms with Gasteiger partial charge in [-0.05, 0) is 24.3 Å². The number of nitrogens with zero attached hydrogens (tertiary/aromatic N) is 2. The third-order valence-electron chi connectivity index (χ3n) is 4.07. The van der Waals surface area contributed by atoms with E-state index in [0.29, 0.717) is 27.9 Å². The summed E-state index contributed by atoms with van der Waals surface area (Å²) in [4.78, 5) is 16.5. The molecular weight excluding hydrogens is 396 g/mol. The maximum atomic E-state index is 12.3. The largest absolute Gasteiger partial charge is 0.493 e. The Morgan fingerprint density at radius 2 is 1.93 bits per heavy atom. The van der Waals surface area contributed by atoms with Crippen molar-refractivity contribution in [1.29, 1.82) is 0 Å². The second kappa shape index (κ2) is 9.43. The lowest BCUT2D eigenvalue weighted by Crippen LogP contribution is -2.06. The molecule has 1 aromatic heterocycles. The minimum atomic E-state index is -0.537. The maximum absolute atomic E-state index is 12.3. The van der Waals surface area contributed by atoms with Crippen molar-refractivity contribution in [3.8, 4) is 11.5 Å². The fourth-order valence-corrected chi connectivity index (χ4v) is 2.65. The zero-order valence-electron chi connectivity index (χ0n) is 16.3. The molecule has 2 aromatic carbocycles. The van der Waals surface area contributed by atoms with E-state index < -0.39 is 5.97 Å². The summed E-state index contributed by atoms with van der Waals surface area (Å²) < 4.78 is 21.4. The Balaban J connectivity index is 1.64. The van der Waals surface area contributed by atoms with Crippen molar-refractivity contribution in [2.45, 2.75) is 33.0 Å². The van der Waals surface area contributed by atoms with Crippen molar-refractivity contribution in [2.75, 3.05) is 7.11 Å². The minimum Gasteiger partial charge on any atom is -0.493 e. The van der Waals surface area contributed by atoms with Crippen molar-refractivity contribution in [3.63, 3.8) is 0 Å². The highest BCUT2D eigenvalue weighted by Gasteiger charge is 2.15. The number of carbonyl (C=O) groups excluding carboxylic acids is 1. The van der Waals surface area contributed by atoms with Crippen molar-refractivity contribution in [2.24, 2.45) is 0 Å². The summed E-state index contributed by atoms with van der Waals surface area (Å²) >= 11 is 6.15. The quantitative estimate of drug-likeness (QED) is 0.488. The Labute approximate surface area is 173 Å². The topological polar surface area (TPSA) is 83.7 Å². The monoisotopic (exact) mass is 416 g/mol. The molecule has 0 aliphatic carbocycles. The molecule has 0 saturated heterocycles. The Morgan fingerprint density at radius 1 is 1.14 bits per heavy atom. The van der Waals surface area contributed by atoms with Gasteiger partial charge in [0.05, 0.1) is 12.7 Å². The van der Waals surface area contributed by atoms with Gasteiger partial charge in [0.25, 0.3) is 5.89 Å². The number of carbonyl (C=O) groups is 1. The fraction of sp³-hybridized carbons (Fsp3) is 0.286.